The maximum absolute atomic E-state index is 13.1. The fraction of sp³-hybridized carbons (Fsp3) is 0.625. The first kappa shape index (κ1) is 22.3. The number of imidazole rings is 1. The van der Waals surface area contributed by atoms with Crippen LogP contribution in [0.5, 0.6) is 0 Å². The molecule has 2 aromatic rings. The number of rotatable bonds is 6. The molecule has 3 fully saturated rings. The minimum absolute atomic E-state index is 0.223. The maximum atomic E-state index is 13.1. The van der Waals surface area contributed by atoms with Gasteiger partial charge < -0.3 is 10.1 Å². The van der Waals surface area contributed by atoms with Gasteiger partial charge in [-0.3, -0.25) is 28.9 Å². The maximum Gasteiger partial charge on any atom is 0.329 e. The van der Waals surface area contributed by atoms with Crippen molar-refractivity contribution in [1.29, 1.82) is 0 Å². The summed E-state index contributed by atoms with van der Waals surface area (Å²) in [5.74, 6) is -0.683. The molecule has 5 rings (SSSR count). The van der Waals surface area contributed by atoms with E-state index in [9.17, 15) is 14.4 Å². The summed E-state index contributed by atoms with van der Waals surface area (Å²) < 4.78 is 9.47. The van der Waals surface area contributed by atoms with Gasteiger partial charge in [0, 0.05) is 39.1 Å². The van der Waals surface area contributed by atoms with Crippen LogP contribution in [-0.4, -0.2) is 64.2 Å². The molecule has 9 heteroatoms. The number of fused-ring (bicyclic) bond motifs is 1. The van der Waals surface area contributed by atoms with Crippen LogP contribution in [0.25, 0.3) is 11.0 Å². The highest BCUT2D eigenvalue weighted by Crippen LogP contribution is 2.29. The van der Waals surface area contributed by atoms with E-state index in [1.807, 2.05) is 19.2 Å². The third kappa shape index (κ3) is 4.25. The Morgan fingerprint density at radius 2 is 1.85 bits per heavy atom. The zero-order valence-electron chi connectivity index (χ0n) is 19.4. The summed E-state index contributed by atoms with van der Waals surface area (Å²) in [6.07, 6.45) is 5.57. The fourth-order valence-electron chi connectivity index (χ4n) is 5.51. The molecule has 2 aliphatic heterocycles. The van der Waals surface area contributed by atoms with Crippen molar-refractivity contribution < 1.29 is 14.3 Å². The molecule has 0 radical (unpaired) electrons. The van der Waals surface area contributed by atoms with Gasteiger partial charge in [0.05, 0.1) is 23.2 Å². The largest absolute Gasteiger partial charge is 0.375 e. The van der Waals surface area contributed by atoms with Gasteiger partial charge in [0.2, 0.25) is 11.8 Å². The van der Waals surface area contributed by atoms with E-state index < -0.39 is 11.9 Å². The highest BCUT2D eigenvalue weighted by molar-refractivity contribution is 6.00. The van der Waals surface area contributed by atoms with E-state index in [-0.39, 0.29) is 18.0 Å². The van der Waals surface area contributed by atoms with E-state index in [0.717, 1.165) is 61.9 Å². The first-order valence-corrected chi connectivity index (χ1v) is 12.0. The number of piperidine rings is 2. The monoisotopic (exact) mass is 455 g/mol. The van der Waals surface area contributed by atoms with E-state index in [0.29, 0.717) is 24.7 Å². The highest BCUT2D eigenvalue weighted by atomic mass is 16.5. The van der Waals surface area contributed by atoms with E-state index in [1.165, 1.54) is 0 Å². The summed E-state index contributed by atoms with van der Waals surface area (Å²) in [7, 11) is 3.77. The SMILES string of the molecule is CNC1CC(OC2CCN(Cc3cccc4c3n(C)c(=O)n4C3CCC(=O)NC3=O)CC2)C1. The van der Waals surface area contributed by atoms with Crippen molar-refractivity contribution in [3.8, 4) is 0 Å². The fourth-order valence-corrected chi connectivity index (χ4v) is 5.51. The molecular weight excluding hydrogens is 422 g/mol. The molecule has 1 aromatic heterocycles. The van der Waals surface area contributed by atoms with Crippen molar-refractivity contribution in [3.63, 3.8) is 0 Å². The molecule has 1 unspecified atom stereocenters. The summed E-state index contributed by atoms with van der Waals surface area (Å²) in [4.78, 5) is 39.6. The molecule has 3 aliphatic rings. The van der Waals surface area contributed by atoms with Crippen LogP contribution in [-0.2, 0) is 27.9 Å². The van der Waals surface area contributed by atoms with Crippen LogP contribution in [0.2, 0.25) is 0 Å². The van der Waals surface area contributed by atoms with Crippen molar-refractivity contribution in [2.75, 3.05) is 20.1 Å². The van der Waals surface area contributed by atoms with Gasteiger partial charge in [-0.25, -0.2) is 4.79 Å². The lowest BCUT2D eigenvalue weighted by Gasteiger charge is -2.40. The number of imide groups is 1. The number of nitrogens with zero attached hydrogens (tertiary/aromatic N) is 3. The Morgan fingerprint density at radius 3 is 2.55 bits per heavy atom. The topological polar surface area (TPSA) is 97.6 Å². The van der Waals surface area contributed by atoms with Gasteiger partial charge in [-0.05, 0) is 50.8 Å². The van der Waals surface area contributed by atoms with E-state index >= 15 is 0 Å². The van der Waals surface area contributed by atoms with Crippen LogP contribution < -0.4 is 16.3 Å². The normalized spacial score (nSPS) is 27.0. The predicted molar refractivity (Wildman–Crippen MR) is 124 cm³/mol. The summed E-state index contributed by atoms with van der Waals surface area (Å²) in [5.41, 5.74) is 2.46. The molecule has 3 heterocycles. The molecule has 178 valence electrons. The minimum atomic E-state index is -0.656. The molecule has 1 aromatic carbocycles. The van der Waals surface area contributed by atoms with Gasteiger partial charge in [-0.1, -0.05) is 12.1 Å². The number of benzene rings is 1. The second-order valence-corrected chi connectivity index (χ2v) is 9.65. The van der Waals surface area contributed by atoms with E-state index in [2.05, 4.69) is 21.6 Å². The lowest BCUT2D eigenvalue weighted by atomic mass is 9.89. The second kappa shape index (κ2) is 9.04. The van der Waals surface area contributed by atoms with Gasteiger partial charge in [0.15, 0.2) is 0 Å². The molecular formula is C24H33N5O4. The molecule has 33 heavy (non-hydrogen) atoms. The Bertz CT molecular complexity index is 1110. The minimum Gasteiger partial charge on any atom is -0.375 e. The Labute approximate surface area is 193 Å². The number of carbonyl (C=O) groups excluding carboxylic acids is 2. The zero-order chi connectivity index (χ0) is 23.1. The molecule has 2 N–H and O–H groups in total. The number of amides is 2. The van der Waals surface area contributed by atoms with Crippen LogP contribution in [0.15, 0.2) is 23.0 Å². The summed E-state index contributed by atoms with van der Waals surface area (Å²) in [5, 5.41) is 5.67. The Hall–Kier alpha value is -2.49. The molecule has 1 atom stereocenters. The molecule has 2 amide bonds. The molecule has 9 nitrogen and oxygen atoms in total. The summed E-state index contributed by atoms with van der Waals surface area (Å²) in [6, 6.07) is 5.85. The number of hydrogen-bond acceptors (Lipinski definition) is 6. The third-order valence-corrected chi connectivity index (χ3v) is 7.52. The van der Waals surface area contributed by atoms with E-state index in [1.54, 1.807) is 16.2 Å². The number of para-hydroxylation sites is 1. The number of hydrogen-bond donors (Lipinski definition) is 2. The first-order chi connectivity index (χ1) is 15.9. The molecule has 2 saturated heterocycles. The number of likely N-dealkylation sites (tertiary alicyclic amines) is 1. The second-order valence-electron chi connectivity index (χ2n) is 9.65. The average Bonchev–Trinajstić information content (AvgIpc) is 3.03. The Balaban J connectivity index is 1.29. The number of aromatic nitrogens is 2. The van der Waals surface area contributed by atoms with E-state index in [4.69, 9.17) is 4.74 Å². The standard InChI is InChI=1S/C24H33N5O4/c1-25-16-12-18(13-16)33-17-8-10-28(11-9-17)14-15-4-3-5-19-22(15)27(2)24(32)29(19)20-6-7-21(30)26-23(20)31/h3-5,16-18,20,25H,6-14H2,1-2H3,(H,26,30,31). The first-order valence-electron chi connectivity index (χ1n) is 12.0. The number of ether oxygens (including phenoxy) is 1. The third-order valence-electron chi connectivity index (χ3n) is 7.52. The van der Waals surface area contributed by atoms with Gasteiger partial charge in [-0.2, -0.15) is 0 Å². The van der Waals surface area contributed by atoms with Crippen LogP contribution in [0, 0.1) is 0 Å². The number of aryl methyl sites for hydroxylation is 1. The van der Waals surface area contributed by atoms with Crippen molar-refractivity contribution >= 4 is 22.8 Å². The smallest absolute Gasteiger partial charge is 0.329 e. The number of nitrogens with one attached hydrogen (secondary N) is 2. The molecule has 0 spiro atoms. The van der Waals surface area contributed by atoms with Crippen LogP contribution in [0.1, 0.15) is 50.1 Å². The van der Waals surface area contributed by atoms with Crippen molar-refractivity contribution in [3.05, 3.63) is 34.2 Å². The van der Waals surface area contributed by atoms with Gasteiger partial charge in [-0.15, -0.1) is 0 Å². The highest BCUT2D eigenvalue weighted by Gasteiger charge is 2.33. The lowest BCUT2D eigenvalue weighted by molar-refractivity contribution is -0.135. The van der Waals surface area contributed by atoms with Crippen LogP contribution in [0.3, 0.4) is 0 Å². The molecule has 1 aliphatic carbocycles. The van der Waals surface area contributed by atoms with Crippen molar-refractivity contribution in [1.82, 2.24) is 24.7 Å². The average molecular weight is 456 g/mol. The Morgan fingerprint density at radius 1 is 1.09 bits per heavy atom. The lowest BCUT2D eigenvalue weighted by Crippen LogP contribution is -2.46. The van der Waals surface area contributed by atoms with Gasteiger partial charge in [0.1, 0.15) is 6.04 Å². The summed E-state index contributed by atoms with van der Waals surface area (Å²) in [6.45, 7) is 2.68. The van der Waals surface area contributed by atoms with Crippen molar-refractivity contribution in [2.45, 2.75) is 69.4 Å². The molecule has 0 bridgehead atoms. The quantitative estimate of drug-likeness (QED) is 0.632. The summed E-state index contributed by atoms with van der Waals surface area (Å²) >= 11 is 0. The van der Waals surface area contributed by atoms with Gasteiger partial charge in [0.25, 0.3) is 0 Å². The molecule has 1 saturated carbocycles. The number of carbonyl (C=O) groups is 2. The zero-order valence-corrected chi connectivity index (χ0v) is 19.4. The van der Waals surface area contributed by atoms with Crippen molar-refractivity contribution in [2.24, 2.45) is 7.05 Å². The van der Waals surface area contributed by atoms with Crippen LogP contribution in [0.4, 0.5) is 0 Å². The predicted octanol–water partition coefficient (Wildman–Crippen LogP) is 1.05. The Kier molecular flexibility index (Phi) is 6.11. The van der Waals surface area contributed by atoms with Gasteiger partial charge >= 0.3 is 5.69 Å². The van der Waals surface area contributed by atoms with Crippen LogP contribution >= 0.6 is 0 Å².